The molecule has 156 valence electrons. The molecule has 4 rings (SSSR count). The number of carbonyl (C=O) groups excluding carboxylic acids is 3. The molecule has 3 aromatic rings. The third-order valence-corrected chi connectivity index (χ3v) is 5.46. The molecule has 0 aromatic heterocycles. The molecule has 0 radical (unpaired) electrons. The fraction of sp³-hybridized carbons (Fsp3) is 0.160. The number of imide groups is 1. The molecule has 1 saturated heterocycles. The lowest BCUT2D eigenvalue weighted by molar-refractivity contribution is -0.131. The number of amides is 3. The summed E-state index contributed by atoms with van der Waals surface area (Å²) in [6, 6.07) is 24.8. The lowest BCUT2D eigenvalue weighted by Gasteiger charge is -2.27. The van der Waals surface area contributed by atoms with Crippen LogP contribution < -0.4 is 10.1 Å². The summed E-state index contributed by atoms with van der Waals surface area (Å²) < 4.78 is 5.25. The van der Waals surface area contributed by atoms with Crippen molar-refractivity contribution >= 4 is 17.7 Å². The first-order valence-electron chi connectivity index (χ1n) is 9.95. The van der Waals surface area contributed by atoms with Crippen LogP contribution in [0.5, 0.6) is 5.75 Å². The predicted molar refractivity (Wildman–Crippen MR) is 116 cm³/mol. The number of ether oxygens (including phenoxy) is 1. The summed E-state index contributed by atoms with van der Waals surface area (Å²) in [6.45, 7) is -0.367. The molecule has 1 N–H and O–H groups in total. The molecule has 6 nitrogen and oxygen atoms in total. The van der Waals surface area contributed by atoms with E-state index in [0.717, 1.165) is 10.5 Å². The minimum Gasteiger partial charge on any atom is -0.496 e. The maximum Gasteiger partial charge on any atom is 0.325 e. The number of Topliss-reactive ketones (excluding diaryl/α,β-unsaturated/α-hetero) is 1. The van der Waals surface area contributed by atoms with Crippen LogP contribution in [-0.4, -0.2) is 36.3 Å². The van der Waals surface area contributed by atoms with E-state index < -0.39 is 17.5 Å². The van der Waals surface area contributed by atoms with Crippen molar-refractivity contribution in [2.75, 3.05) is 13.7 Å². The third kappa shape index (κ3) is 3.80. The second kappa shape index (κ2) is 8.44. The SMILES string of the molecule is COc1ccccc1C(=O)CN1C(=O)N[C@@](Cc2ccccc2)(c2ccccc2)C1=O. The standard InChI is InChI=1S/C25H22N2O4/c1-31-22-15-9-8-14-20(22)21(28)17-27-23(29)25(26-24(27)30,19-12-6-3-7-13-19)16-18-10-4-2-5-11-18/h2-15H,16-17H2,1H3,(H,26,30)/t25-/m0/s1. The van der Waals surface area contributed by atoms with Crippen LogP contribution in [0.2, 0.25) is 0 Å². The second-order valence-corrected chi connectivity index (χ2v) is 7.38. The topological polar surface area (TPSA) is 75.7 Å². The molecule has 1 aliphatic rings. The number of hydrogen-bond donors (Lipinski definition) is 1. The predicted octanol–water partition coefficient (Wildman–Crippen LogP) is 3.57. The van der Waals surface area contributed by atoms with Crippen LogP contribution >= 0.6 is 0 Å². The van der Waals surface area contributed by atoms with Crippen molar-refractivity contribution < 1.29 is 19.1 Å². The van der Waals surface area contributed by atoms with Crippen molar-refractivity contribution in [3.8, 4) is 5.75 Å². The van der Waals surface area contributed by atoms with Gasteiger partial charge in [0.25, 0.3) is 5.91 Å². The van der Waals surface area contributed by atoms with Gasteiger partial charge in [0.15, 0.2) is 11.3 Å². The Bertz CT molecular complexity index is 1110. The molecule has 31 heavy (non-hydrogen) atoms. The fourth-order valence-corrected chi connectivity index (χ4v) is 3.92. The van der Waals surface area contributed by atoms with E-state index >= 15 is 0 Å². The Morgan fingerprint density at radius 3 is 2.19 bits per heavy atom. The number of urea groups is 1. The summed E-state index contributed by atoms with van der Waals surface area (Å²) in [7, 11) is 1.47. The summed E-state index contributed by atoms with van der Waals surface area (Å²) >= 11 is 0. The number of para-hydroxylation sites is 1. The Morgan fingerprint density at radius 2 is 1.52 bits per heavy atom. The zero-order valence-corrected chi connectivity index (χ0v) is 17.1. The Labute approximate surface area is 180 Å². The number of hydrogen-bond acceptors (Lipinski definition) is 4. The minimum absolute atomic E-state index is 0.280. The first-order chi connectivity index (χ1) is 15.0. The van der Waals surface area contributed by atoms with Gasteiger partial charge in [-0.1, -0.05) is 72.8 Å². The summed E-state index contributed by atoms with van der Waals surface area (Å²) in [5.74, 6) is -0.418. The van der Waals surface area contributed by atoms with Gasteiger partial charge < -0.3 is 10.1 Å². The van der Waals surface area contributed by atoms with Gasteiger partial charge in [-0.15, -0.1) is 0 Å². The second-order valence-electron chi connectivity index (χ2n) is 7.38. The van der Waals surface area contributed by atoms with Crippen LogP contribution in [-0.2, 0) is 16.8 Å². The molecule has 0 spiro atoms. The monoisotopic (exact) mass is 414 g/mol. The first-order valence-corrected chi connectivity index (χ1v) is 9.95. The van der Waals surface area contributed by atoms with E-state index in [4.69, 9.17) is 4.74 Å². The third-order valence-electron chi connectivity index (χ3n) is 5.46. The highest BCUT2D eigenvalue weighted by molar-refractivity contribution is 6.12. The average molecular weight is 414 g/mol. The number of ketones is 1. The van der Waals surface area contributed by atoms with Crippen LogP contribution in [0.15, 0.2) is 84.9 Å². The molecule has 1 atom stereocenters. The largest absolute Gasteiger partial charge is 0.496 e. The van der Waals surface area contributed by atoms with Crippen molar-refractivity contribution in [2.45, 2.75) is 12.0 Å². The van der Waals surface area contributed by atoms with Gasteiger partial charge in [-0.25, -0.2) is 4.79 Å². The smallest absolute Gasteiger partial charge is 0.325 e. The summed E-state index contributed by atoms with van der Waals surface area (Å²) in [6.07, 6.45) is 0.280. The molecular weight excluding hydrogens is 392 g/mol. The Balaban J connectivity index is 1.68. The van der Waals surface area contributed by atoms with Gasteiger partial charge in [0.05, 0.1) is 19.2 Å². The number of benzene rings is 3. The highest BCUT2D eigenvalue weighted by Gasteiger charge is 2.52. The molecule has 1 aliphatic heterocycles. The highest BCUT2D eigenvalue weighted by Crippen LogP contribution is 2.33. The van der Waals surface area contributed by atoms with Crippen LogP contribution in [0.25, 0.3) is 0 Å². The summed E-state index contributed by atoms with van der Waals surface area (Å²) in [5.41, 5.74) is 0.619. The number of methoxy groups -OCH3 is 1. The molecule has 3 amide bonds. The lowest BCUT2D eigenvalue weighted by atomic mass is 9.83. The van der Waals surface area contributed by atoms with E-state index in [1.54, 1.807) is 24.3 Å². The van der Waals surface area contributed by atoms with Crippen LogP contribution in [0.3, 0.4) is 0 Å². The van der Waals surface area contributed by atoms with E-state index in [1.807, 2.05) is 60.7 Å². The normalized spacial score (nSPS) is 18.0. The van der Waals surface area contributed by atoms with Gasteiger partial charge in [-0.2, -0.15) is 0 Å². The van der Waals surface area contributed by atoms with E-state index in [1.165, 1.54) is 7.11 Å². The Kier molecular flexibility index (Phi) is 5.54. The van der Waals surface area contributed by atoms with Gasteiger partial charge in [0.1, 0.15) is 5.75 Å². The van der Waals surface area contributed by atoms with E-state index in [2.05, 4.69) is 5.32 Å². The van der Waals surface area contributed by atoms with Crippen molar-refractivity contribution in [3.63, 3.8) is 0 Å². The first kappa shape index (κ1) is 20.3. The van der Waals surface area contributed by atoms with Crippen molar-refractivity contribution in [2.24, 2.45) is 0 Å². The number of carbonyl (C=O) groups is 3. The maximum atomic E-state index is 13.6. The molecule has 0 bridgehead atoms. The molecular formula is C25H22N2O4. The van der Waals surface area contributed by atoms with Crippen LogP contribution in [0.4, 0.5) is 4.79 Å². The molecule has 3 aromatic carbocycles. The van der Waals surface area contributed by atoms with E-state index in [0.29, 0.717) is 16.9 Å². The van der Waals surface area contributed by atoms with Crippen LogP contribution in [0.1, 0.15) is 21.5 Å². The molecule has 6 heteroatoms. The zero-order valence-electron chi connectivity index (χ0n) is 17.1. The highest BCUT2D eigenvalue weighted by atomic mass is 16.5. The maximum absolute atomic E-state index is 13.6. The Hall–Kier alpha value is -3.93. The van der Waals surface area contributed by atoms with E-state index in [9.17, 15) is 14.4 Å². The zero-order chi connectivity index (χ0) is 21.8. The summed E-state index contributed by atoms with van der Waals surface area (Å²) in [4.78, 5) is 40.4. The quantitative estimate of drug-likeness (QED) is 0.474. The van der Waals surface area contributed by atoms with Gasteiger partial charge in [0, 0.05) is 6.42 Å². The van der Waals surface area contributed by atoms with Crippen molar-refractivity contribution in [1.29, 1.82) is 0 Å². The van der Waals surface area contributed by atoms with Crippen molar-refractivity contribution in [3.05, 3.63) is 102 Å². The molecule has 0 aliphatic carbocycles. The number of nitrogens with zero attached hydrogens (tertiary/aromatic N) is 1. The van der Waals surface area contributed by atoms with E-state index in [-0.39, 0.29) is 18.7 Å². The van der Waals surface area contributed by atoms with Gasteiger partial charge >= 0.3 is 6.03 Å². The van der Waals surface area contributed by atoms with Crippen LogP contribution in [0, 0.1) is 0 Å². The van der Waals surface area contributed by atoms with Gasteiger partial charge in [-0.05, 0) is 23.3 Å². The average Bonchev–Trinajstić information content (AvgIpc) is 3.05. The molecule has 1 heterocycles. The molecule has 0 unspecified atom stereocenters. The number of nitrogens with one attached hydrogen (secondary N) is 1. The lowest BCUT2D eigenvalue weighted by Crippen LogP contribution is -2.46. The fourth-order valence-electron chi connectivity index (χ4n) is 3.92. The Morgan fingerprint density at radius 1 is 0.903 bits per heavy atom. The molecule has 1 fully saturated rings. The molecule has 0 saturated carbocycles. The minimum atomic E-state index is -1.28. The van der Waals surface area contributed by atoms with Gasteiger partial charge in [0.2, 0.25) is 0 Å². The van der Waals surface area contributed by atoms with Gasteiger partial charge in [-0.3, -0.25) is 14.5 Å². The number of rotatable bonds is 7. The summed E-state index contributed by atoms with van der Waals surface area (Å²) in [5, 5.41) is 2.87. The van der Waals surface area contributed by atoms with Crippen molar-refractivity contribution in [1.82, 2.24) is 10.2 Å².